The maximum Gasteiger partial charge on any atom is 0.126 e. The zero-order valence-electron chi connectivity index (χ0n) is 7.27. The summed E-state index contributed by atoms with van der Waals surface area (Å²) in [5.41, 5.74) is 1.11. The molecule has 0 fully saturated rings. The summed E-state index contributed by atoms with van der Waals surface area (Å²) in [5.74, 6) is 0. The fourth-order valence-corrected chi connectivity index (χ4v) is 2.45. The van der Waals surface area contributed by atoms with E-state index < -0.39 is 0 Å². The highest BCUT2D eigenvalue weighted by Gasteiger charge is 2.10. The van der Waals surface area contributed by atoms with Gasteiger partial charge in [-0.25, -0.2) is 4.98 Å². The molecule has 0 unspecified atom stereocenters. The predicted molar refractivity (Wildman–Crippen MR) is 60.0 cm³/mol. The zero-order chi connectivity index (χ0) is 9.38. The Balaban J connectivity index is 2.37. The van der Waals surface area contributed by atoms with Crippen LogP contribution in [-0.4, -0.2) is 11.2 Å². The first-order chi connectivity index (χ1) is 6.95. The highest BCUT2D eigenvalue weighted by Crippen LogP contribution is 2.33. The summed E-state index contributed by atoms with van der Waals surface area (Å²) in [4.78, 5) is 10.6. The number of aromatic nitrogens is 1. The Morgan fingerprint density at radius 3 is 3.36 bits per heavy atom. The molecule has 0 aromatic carbocycles. The third-order valence-electron chi connectivity index (χ3n) is 2.07. The SMILES string of the molecule is C1=CNc2c(sc3ncccc23)C=N1. The van der Waals surface area contributed by atoms with Crippen LogP contribution in [0.3, 0.4) is 0 Å². The zero-order valence-corrected chi connectivity index (χ0v) is 8.08. The molecule has 1 N–H and O–H groups in total. The molecular weight excluding hydrogens is 194 g/mol. The topological polar surface area (TPSA) is 37.3 Å². The lowest BCUT2D eigenvalue weighted by Gasteiger charge is -1.97. The second-order valence-corrected chi connectivity index (χ2v) is 3.97. The van der Waals surface area contributed by atoms with Gasteiger partial charge in [-0.1, -0.05) is 0 Å². The molecule has 1 aliphatic rings. The van der Waals surface area contributed by atoms with Crippen molar-refractivity contribution in [2.45, 2.75) is 0 Å². The summed E-state index contributed by atoms with van der Waals surface area (Å²) in [5, 5.41) is 4.37. The smallest absolute Gasteiger partial charge is 0.126 e. The third kappa shape index (κ3) is 1.04. The number of rotatable bonds is 0. The molecule has 2 aromatic heterocycles. The van der Waals surface area contributed by atoms with Crippen LogP contribution < -0.4 is 5.32 Å². The first kappa shape index (κ1) is 7.70. The van der Waals surface area contributed by atoms with E-state index in [4.69, 9.17) is 0 Å². The van der Waals surface area contributed by atoms with Crippen LogP contribution in [-0.2, 0) is 0 Å². The summed E-state index contributed by atoms with van der Waals surface area (Å²) in [6, 6.07) is 4.01. The Kier molecular flexibility index (Phi) is 1.61. The average molecular weight is 201 g/mol. The van der Waals surface area contributed by atoms with Gasteiger partial charge in [0.05, 0.1) is 10.6 Å². The van der Waals surface area contributed by atoms with Crippen molar-refractivity contribution in [3.8, 4) is 0 Å². The van der Waals surface area contributed by atoms with E-state index in [-0.39, 0.29) is 0 Å². The molecule has 0 radical (unpaired) electrons. The summed E-state index contributed by atoms with van der Waals surface area (Å²) in [6.45, 7) is 0. The highest BCUT2D eigenvalue weighted by atomic mass is 32.1. The first-order valence-corrected chi connectivity index (χ1v) is 5.09. The molecular formula is C10H7N3S. The van der Waals surface area contributed by atoms with Crippen LogP contribution in [0.5, 0.6) is 0 Å². The van der Waals surface area contributed by atoms with Crippen LogP contribution >= 0.6 is 11.3 Å². The molecule has 1 aliphatic heterocycles. The molecule has 68 valence electrons. The van der Waals surface area contributed by atoms with Crippen molar-refractivity contribution in [1.29, 1.82) is 0 Å². The van der Waals surface area contributed by atoms with E-state index in [9.17, 15) is 0 Å². The molecule has 2 aromatic rings. The standard InChI is InChI=1S/C10H7N3S/c1-2-7-9-8(6-11-4-5-12-9)14-10(7)13-3-1/h1-6,12H. The van der Waals surface area contributed by atoms with Crippen LogP contribution in [0.1, 0.15) is 4.88 Å². The summed E-state index contributed by atoms with van der Waals surface area (Å²) in [6.07, 6.45) is 7.25. The van der Waals surface area contributed by atoms with Gasteiger partial charge in [0.2, 0.25) is 0 Å². The minimum absolute atomic E-state index is 1.05. The Bertz CT molecular complexity index is 539. The first-order valence-electron chi connectivity index (χ1n) is 4.27. The van der Waals surface area contributed by atoms with Crippen LogP contribution in [0, 0.1) is 0 Å². The maximum atomic E-state index is 4.31. The minimum Gasteiger partial charge on any atom is -0.358 e. The fourth-order valence-electron chi connectivity index (χ4n) is 1.46. The number of thiophene rings is 1. The molecule has 14 heavy (non-hydrogen) atoms. The number of nitrogens with one attached hydrogen (secondary N) is 1. The molecule has 3 heterocycles. The highest BCUT2D eigenvalue weighted by molar-refractivity contribution is 7.21. The van der Waals surface area contributed by atoms with Gasteiger partial charge < -0.3 is 5.32 Å². The number of hydrogen-bond acceptors (Lipinski definition) is 4. The lowest BCUT2D eigenvalue weighted by Crippen LogP contribution is -1.86. The molecule has 0 atom stereocenters. The molecule has 3 rings (SSSR count). The van der Waals surface area contributed by atoms with Crippen LogP contribution in [0.15, 0.2) is 35.7 Å². The van der Waals surface area contributed by atoms with Crippen molar-refractivity contribution in [2.24, 2.45) is 4.99 Å². The third-order valence-corrected chi connectivity index (χ3v) is 3.12. The summed E-state index contributed by atoms with van der Waals surface area (Å²) in [7, 11) is 0. The van der Waals surface area contributed by atoms with Gasteiger partial charge in [-0.15, -0.1) is 11.3 Å². The number of fused-ring (bicyclic) bond motifs is 3. The number of hydrogen-bond donors (Lipinski definition) is 1. The van der Waals surface area contributed by atoms with E-state index in [1.807, 2.05) is 24.7 Å². The second-order valence-electron chi connectivity index (χ2n) is 2.94. The lowest BCUT2D eigenvalue weighted by molar-refractivity contribution is 1.44. The minimum atomic E-state index is 1.05. The normalized spacial score (nSPS) is 13.7. The van der Waals surface area contributed by atoms with E-state index in [2.05, 4.69) is 21.4 Å². The van der Waals surface area contributed by atoms with E-state index >= 15 is 0 Å². The van der Waals surface area contributed by atoms with Crippen LogP contribution in [0.25, 0.3) is 10.2 Å². The van der Waals surface area contributed by atoms with E-state index in [0.717, 1.165) is 20.8 Å². The van der Waals surface area contributed by atoms with Gasteiger partial charge in [0.15, 0.2) is 0 Å². The van der Waals surface area contributed by atoms with Gasteiger partial charge in [0.25, 0.3) is 0 Å². The predicted octanol–water partition coefficient (Wildman–Crippen LogP) is 2.61. The molecule has 0 spiro atoms. The monoisotopic (exact) mass is 201 g/mol. The van der Waals surface area contributed by atoms with E-state index in [0.29, 0.717) is 0 Å². The van der Waals surface area contributed by atoms with E-state index in [1.165, 1.54) is 0 Å². The molecule has 0 aliphatic carbocycles. The van der Waals surface area contributed by atoms with Crippen molar-refractivity contribution in [2.75, 3.05) is 5.32 Å². The molecule has 0 amide bonds. The summed E-state index contributed by atoms with van der Waals surface area (Å²) < 4.78 is 0. The number of pyridine rings is 1. The molecule has 0 saturated carbocycles. The van der Waals surface area contributed by atoms with Crippen molar-refractivity contribution >= 4 is 33.5 Å². The average Bonchev–Trinajstić information content (AvgIpc) is 2.42. The Morgan fingerprint density at radius 2 is 2.36 bits per heavy atom. The van der Waals surface area contributed by atoms with Crippen LogP contribution in [0.2, 0.25) is 0 Å². The Morgan fingerprint density at radius 1 is 1.36 bits per heavy atom. The van der Waals surface area contributed by atoms with Gasteiger partial charge in [-0.05, 0) is 12.1 Å². The Hall–Kier alpha value is -1.68. The molecule has 0 bridgehead atoms. The van der Waals surface area contributed by atoms with Crippen molar-refractivity contribution in [3.63, 3.8) is 0 Å². The fraction of sp³-hybridized carbons (Fsp3) is 0. The molecule has 4 heteroatoms. The number of anilines is 1. The Labute approximate surface area is 84.8 Å². The molecule has 0 saturated heterocycles. The largest absolute Gasteiger partial charge is 0.358 e. The van der Waals surface area contributed by atoms with E-state index in [1.54, 1.807) is 17.5 Å². The number of aliphatic imine (C=N–C) groups is 1. The van der Waals surface area contributed by atoms with Gasteiger partial charge >= 0.3 is 0 Å². The van der Waals surface area contributed by atoms with Crippen molar-refractivity contribution in [1.82, 2.24) is 4.98 Å². The van der Waals surface area contributed by atoms with Crippen molar-refractivity contribution < 1.29 is 0 Å². The molecule has 3 nitrogen and oxygen atoms in total. The summed E-state index contributed by atoms with van der Waals surface area (Å²) >= 11 is 1.65. The second kappa shape index (κ2) is 2.92. The number of nitrogens with zero attached hydrogens (tertiary/aromatic N) is 2. The van der Waals surface area contributed by atoms with Gasteiger partial charge in [0.1, 0.15) is 4.83 Å². The maximum absolute atomic E-state index is 4.31. The van der Waals surface area contributed by atoms with Gasteiger partial charge in [0, 0.05) is 30.2 Å². The van der Waals surface area contributed by atoms with Gasteiger partial charge in [-0.2, -0.15) is 0 Å². The van der Waals surface area contributed by atoms with Crippen molar-refractivity contribution in [3.05, 3.63) is 35.6 Å². The van der Waals surface area contributed by atoms with Gasteiger partial charge in [-0.3, -0.25) is 4.99 Å². The van der Waals surface area contributed by atoms with Crippen LogP contribution in [0.4, 0.5) is 5.69 Å². The quantitative estimate of drug-likeness (QED) is 0.711. The lowest BCUT2D eigenvalue weighted by atomic mass is 10.2.